The third-order valence-corrected chi connectivity index (χ3v) is 6.02. The Bertz CT molecular complexity index is 1150. The van der Waals surface area contributed by atoms with E-state index >= 15 is 0 Å². The van der Waals surface area contributed by atoms with Crippen molar-refractivity contribution >= 4 is 52.3 Å². The van der Waals surface area contributed by atoms with Crippen LogP contribution in [0.3, 0.4) is 0 Å². The molecule has 2 N–H and O–H groups in total. The van der Waals surface area contributed by atoms with E-state index < -0.39 is 24.4 Å². The van der Waals surface area contributed by atoms with Gasteiger partial charge < -0.3 is 24.8 Å². The van der Waals surface area contributed by atoms with Gasteiger partial charge in [0.25, 0.3) is 11.8 Å². The number of hydrogen-bond donors (Lipinski definition) is 2. The van der Waals surface area contributed by atoms with Crippen molar-refractivity contribution in [2.45, 2.75) is 4.90 Å². The van der Waals surface area contributed by atoms with E-state index in [1.807, 2.05) is 24.5 Å². The first-order valence-electron chi connectivity index (χ1n) is 9.67. The average molecular weight is 487 g/mol. The van der Waals surface area contributed by atoms with E-state index in [2.05, 4.69) is 10.6 Å². The topological polar surface area (TPSA) is 103 Å². The van der Waals surface area contributed by atoms with Crippen LogP contribution in [0.5, 0.6) is 11.5 Å². The SMILES string of the molecule is COc1cc(NC(=O)c2cccs2)c(C(=O)OCC(=O)Nc2cccc(SC)c2)cc1OC. The summed E-state index contributed by atoms with van der Waals surface area (Å²) < 4.78 is 15.7. The molecular formula is C23H22N2O6S2. The lowest BCUT2D eigenvalue weighted by Gasteiger charge is -2.15. The number of amides is 2. The van der Waals surface area contributed by atoms with Gasteiger partial charge in [0, 0.05) is 22.7 Å². The Labute approximate surface area is 199 Å². The molecule has 10 heteroatoms. The number of rotatable bonds is 9. The zero-order valence-electron chi connectivity index (χ0n) is 18.2. The second-order valence-corrected chi connectivity index (χ2v) is 8.37. The minimum atomic E-state index is -0.801. The van der Waals surface area contributed by atoms with Crippen molar-refractivity contribution in [1.29, 1.82) is 0 Å². The van der Waals surface area contributed by atoms with Crippen molar-refractivity contribution in [3.63, 3.8) is 0 Å². The van der Waals surface area contributed by atoms with E-state index in [4.69, 9.17) is 14.2 Å². The highest BCUT2D eigenvalue weighted by atomic mass is 32.2. The maximum Gasteiger partial charge on any atom is 0.340 e. The van der Waals surface area contributed by atoms with Crippen molar-refractivity contribution in [2.24, 2.45) is 0 Å². The molecule has 2 amide bonds. The monoisotopic (exact) mass is 486 g/mol. The number of thiophene rings is 1. The summed E-state index contributed by atoms with van der Waals surface area (Å²) in [6, 6.07) is 13.6. The van der Waals surface area contributed by atoms with E-state index in [-0.39, 0.29) is 17.0 Å². The lowest BCUT2D eigenvalue weighted by Crippen LogP contribution is -2.22. The molecule has 1 aromatic heterocycles. The standard InChI is InChI=1S/C23H22N2O6S2/c1-29-18-11-16(17(12-19(18)30-2)25-22(27)20-8-5-9-33-20)23(28)31-13-21(26)24-14-6-4-7-15(10-14)32-3/h4-12H,13H2,1-3H3,(H,24,26)(H,25,27). The van der Waals surface area contributed by atoms with Gasteiger partial charge in [-0.15, -0.1) is 23.1 Å². The Hall–Kier alpha value is -3.50. The predicted molar refractivity (Wildman–Crippen MR) is 129 cm³/mol. The van der Waals surface area contributed by atoms with Crippen LogP contribution in [0.4, 0.5) is 11.4 Å². The van der Waals surface area contributed by atoms with Crippen LogP contribution in [0.25, 0.3) is 0 Å². The van der Waals surface area contributed by atoms with Crippen molar-refractivity contribution in [3.05, 3.63) is 64.4 Å². The summed E-state index contributed by atoms with van der Waals surface area (Å²) >= 11 is 2.81. The van der Waals surface area contributed by atoms with Crippen LogP contribution in [-0.2, 0) is 9.53 Å². The molecule has 0 saturated heterocycles. The van der Waals surface area contributed by atoms with Crippen molar-refractivity contribution in [2.75, 3.05) is 37.7 Å². The number of carbonyl (C=O) groups excluding carboxylic acids is 3. The molecule has 0 aliphatic heterocycles. The number of nitrogens with one attached hydrogen (secondary N) is 2. The summed E-state index contributed by atoms with van der Waals surface area (Å²) in [5, 5.41) is 7.15. The first kappa shape index (κ1) is 24.1. The number of methoxy groups -OCH3 is 2. The maximum absolute atomic E-state index is 12.8. The summed E-state index contributed by atoms with van der Waals surface area (Å²) in [6.45, 7) is -0.505. The molecule has 33 heavy (non-hydrogen) atoms. The van der Waals surface area contributed by atoms with Crippen LogP contribution in [0.2, 0.25) is 0 Å². The number of esters is 1. The third-order valence-electron chi connectivity index (χ3n) is 4.42. The van der Waals surface area contributed by atoms with Gasteiger partial charge in [0.05, 0.1) is 30.3 Å². The van der Waals surface area contributed by atoms with E-state index in [0.717, 1.165) is 4.90 Å². The highest BCUT2D eigenvalue weighted by Gasteiger charge is 2.21. The largest absolute Gasteiger partial charge is 0.493 e. The maximum atomic E-state index is 12.8. The fourth-order valence-electron chi connectivity index (χ4n) is 2.85. The van der Waals surface area contributed by atoms with Gasteiger partial charge in [-0.05, 0) is 35.9 Å². The first-order chi connectivity index (χ1) is 15.9. The van der Waals surface area contributed by atoms with Crippen LogP contribution in [0.15, 0.2) is 58.8 Å². The van der Waals surface area contributed by atoms with Gasteiger partial charge in [-0.2, -0.15) is 0 Å². The molecule has 8 nitrogen and oxygen atoms in total. The Kier molecular flexibility index (Phi) is 8.34. The Morgan fingerprint density at radius 2 is 1.73 bits per heavy atom. The fraction of sp³-hybridized carbons (Fsp3) is 0.174. The lowest BCUT2D eigenvalue weighted by molar-refractivity contribution is -0.119. The zero-order valence-corrected chi connectivity index (χ0v) is 19.8. The predicted octanol–water partition coefficient (Wildman–Crippen LogP) is 4.54. The molecule has 0 aliphatic carbocycles. The molecule has 0 aliphatic rings. The molecule has 0 radical (unpaired) electrons. The zero-order chi connectivity index (χ0) is 23.8. The molecule has 0 spiro atoms. The summed E-state index contributed by atoms with van der Waals surface area (Å²) in [5.41, 5.74) is 0.789. The van der Waals surface area contributed by atoms with Crippen LogP contribution in [-0.4, -0.2) is 44.9 Å². The Balaban J connectivity index is 1.75. The minimum Gasteiger partial charge on any atom is -0.493 e. The van der Waals surface area contributed by atoms with Crippen molar-refractivity contribution in [1.82, 2.24) is 0 Å². The molecule has 0 fully saturated rings. The van der Waals surface area contributed by atoms with Gasteiger partial charge >= 0.3 is 5.97 Å². The van der Waals surface area contributed by atoms with Crippen molar-refractivity contribution < 1.29 is 28.6 Å². The molecule has 172 valence electrons. The third kappa shape index (κ3) is 6.27. The molecule has 3 aromatic rings. The number of carbonyl (C=O) groups is 3. The summed E-state index contributed by atoms with van der Waals surface area (Å²) in [4.78, 5) is 39.1. The molecule has 1 heterocycles. The summed E-state index contributed by atoms with van der Waals surface area (Å²) in [6.07, 6.45) is 1.93. The van der Waals surface area contributed by atoms with Crippen LogP contribution >= 0.6 is 23.1 Å². The van der Waals surface area contributed by atoms with Crippen LogP contribution in [0.1, 0.15) is 20.0 Å². The summed E-state index contributed by atoms with van der Waals surface area (Å²) in [7, 11) is 2.87. The fourth-order valence-corrected chi connectivity index (χ4v) is 3.93. The average Bonchev–Trinajstić information content (AvgIpc) is 3.37. The van der Waals surface area contributed by atoms with E-state index in [9.17, 15) is 14.4 Å². The summed E-state index contributed by atoms with van der Waals surface area (Å²) in [5.74, 6) is -1.09. The highest BCUT2D eigenvalue weighted by molar-refractivity contribution is 7.98. The molecular weight excluding hydrogens is 464 g/mol. The molecule has 0 bridgehead atoms. The molecule has 3 rings (SSSR count). The van der Waals surface area contributed by atoms with Crippen molar-refractivity contribution in [3.8, 4) is 11.5 Å². The molecule has 0 saturated carbocycles. The van der Waals surface area contributed by atoms with Gasteiger partial charge in [-0.3, -0.25) is 9.59 Å². The number of anilines is 2. The van der Waals surface area contributed by atoms with E-state index in [1.165, 1.54) is 37.7 Å². The van der Waals surface area contributed by atoms with Gasteiger partial charge in [0.1, 0.15) is 0 Å². The Morgan fingerprint density at radius 3 is 2.39 bits per heavy atom. The number of thioether (sulfide) groups is 1. The van der Waals surface area contributed by atoms with Gasteiger partial charge in [-0.25, -0.2) is 4.79 Å². The highest BCUT2D eigenvalue weighted by Crippen LogP contribution is 2.34. The molecule has 0 unspecified atom stereocenters. The Morgan fingerprint density at radius 1 is 0.970 bits per heavy atom. The smallest absolute Gasteiger partial charge is 0.340 e. The van der Waals surface area contributed by atoms with Crippen LogP contribution < -0.4 is 20.1 Å². The van der Waals surface area contributed by atoms with Gasteiger partial charge in [-0.1, -0.05) is 12.1 Å². The van der Waals surface area contributed by atoms with E-state index in [1.54, 1.807) is 35.3 Å². The quantitative estimate of drug-likeness (QED) is 0.338. The lowest BCUT2D eigenvalue weighted by atomic mass is 10.1. The molecule has 0 atom stereocenters. The van der Waals surface area contributed by atoms with Crippen LogP contribution in [0, 0.1) is 0 Å². The molecule has 2 aromatic carbocycles. The number of hydrogen-bond acceptors (Lipinski definition) is 8. The second-order valence-electron chi connectivity index (χ2n) is 6.54. The second kappa shape index (κ2) is 11.4. The minimum absolute atomic E-state index is 0.0229. The first-order valence-corrected chi connectivity index (χ1v) is 11.8. The van der Waals surface area contributed by atoms with Gasteiger partial charge in [0.15, 0.2) is 18.1 Å². The van der Waals surface area contributed by atoms with Gasteiger partial charge in [0.2, 0.25) is 0 Å². The van der Waals surface area contributed by atoms with E-state index in [0.29, 0.717) is 16.3 Å². The normalized spacial score (nSPS) is 10.3. The number of ether oxygens (including phenoxy) is 3. The number of benzene rings is 2.